The van der Waals surface area contributed by atoms with Crippen LogP contribution in [0.15, 0.2) is 18.6 Å². The van der Waals surface area contributed by atoms with Gasteiger partial charge in [-0.2, -0.15) is 0 Å². The first-order chi connectivity index (χ1) is 11.7. The Hall–Kier alpha value is -2.15. The first kappa shape index (κ1) is 15.4. The highest BCUT2D eigenvalue weighted by atomic mass is 16.3. The molecule has 7 nitrogen and oxygen atoms in total. The van der Waals surface area contributed by atoms with Gasteiger partial charge in [-0.15, -0.1) is 0 Å². The van der Waals surface area contributed by atoms with Crippen LogP contribution in [0.3, 0.4) is 0 Å². The molecule has 2 N–H and O–H groups in total. The highest BCUT2D eigenvalue weighted by Gasteiger charge is 2.40. The molecule has 4 rings (SSSR count). The molecule has 0 radical (unpaired) electrons. The molecular weight excluding hydrogens is 306 g/mol. The number of likely N-dealkylation sites (tertiary alicyclic amines) is 1. The molecular formula is C17H23N5O2. The fourth-order valence-corrected chi connectivity index (χ4v) is 4.37. The van der Waals surface area contributed by atoms with Crippen LogP contribution in [0.2, 0.25) is 0 Å². The summed E-state index contributed by atoms with van der Waals surface area (Å²) in [6.07, 6.45) is 6.79. The number of fused-ring (bicyclic) bond motifs is 2. The Morgan fingerprint density at radius 2 is 2.21 bits per heavy atom. The van der Waals surface area contributed by atoms with Gasteiger partial charge in [-0.3, -0.25) is 4.79 Å². The van der Waals surface area contributed by atoms with Crippen molar-refractivity contribution in [2.45, 2.75) is 25.3 Å². The van der Waals surface area contributed by atoms with E-state index >= 15 is 0 Å². The number of aromatic amines is 1. The number of aliphatic hydroxyl groups excluding tert-OH is 1. The van der Waals surface area contributed by atoms with Gasteiger partial charge in [0.25, 0.3) is 0 Å². The maximum Gasteiger partial charge on any atom is 0.248 e. The van der Waals surface area contributed by atoms with Crippen molar-refractivity contribution < 1.29 is 9.90 Å². The van der Waals surface area contributed by atoms with Gasteiger partial charge in [0.2, 0.25) is 5.91 Å². The maximum atomic E-state index is 11.8. The Labute approximate surface area is 140 Å². The van der Waals surface area contributed by atoms with Crippen LogP contribution >= 0.6 is 0 Å². The molecule has 2 aromatic heterocycles. The van der Waals surface area contributed by atoms with Crippen LogP contribution in [0.5, 0.6) is 0 Å². The predicted octanol–water partition coefficient (Wildman–Crippen LogP) is 1.01. The van der Waals surface area contributed by atoms with E-state index in [9.17, 15) is 4.79 Å². The number of nitrogens with zero attached hydrogens (tertiary/aromatic N) is 4. The monoisotopic (exact) mass is 329 g/mol. The Bertz CT molecular complexity index is 745. The van der Waals surface area contributed by atoms with Crippen molar-refractivity contribution in [2.24, 2.45) is 11.8 Å². The van der Waals surface area contributed by atoms with Gasteiger partial charge in [-0.1, -0.05) is 0 Å². The topological polar surface area (TPSA) is 85.4 Å². The minimum atomic E-state index is -0.380. The van der Waals surface area contributed by atoms with E-state index in [4.69, 9.17) is 5.11 Å². The van der Waals surface area contributed by atoms with E-state index in [1.807, 2.05) is 17.2 Å². The third-order valence-corrected chi connectivity index (χ3v) is 5.72. The number of H-pyrrole nitrogens is 1. The molecule has 0 bridgehead atoms. The van der Waals surface area contributed by atoms with Crippen LogP contribution in [0.25, 0.3) is 11.0 Å². The molecule has 0 aromatic carbocycles. The van der Waals surface area contributed by atoms with Crippen molar-refractivity contribution in [2.75, 3.05) is 31.6 Å². The molecule has 7 heteroatoms. The van der Waals surface area contributed by atoms with Gasteiger partial charge in [0, 0.05) is 32.4 Å². The second kappa shape index (κ2) is 6.05. The van der Waals surface area contributed by atoms with Crippen molar-refractivity contribution in [1.29, 1.82) is 0 Å². The molecule has 0 spiro atoms. The summed E-state index contributed by atoms with van der Waals surface area (Å²) < 4.78 is 0. The summed E-state index contributed by atoms with van der Waals surface area (Å²) in [7, 11) is 2.10. The molecule has 1 saturated heterocycles. The summed E-state index contributed by atoms with van der Waals surface area (Å²) in [4.78, 5) is 27.7. The maximum absolute atomic E-state index is 11.8. The normalized spacial score (nSPS) is 26.6. The average molecular weight is 329 g/mol. The van der Waals surface area contributed by atoms with Crippen molar-refractivity contribution in [3.05, 3.63) is 18.6 Å². The summed E-state index contributed by atoms with van der Waals surface area (Å²) in [5, 5.41) is 10.1. The van der Waals surface area contributed by atoms with Gasteiger partial charge in [-0.25, -0.2) is 9.97 Å². The second-order valence-corrected chi connectivity index (χ2v) is 6.99. The summed E-state index contributed by atoms with van der Waals surface area (Å²) in [6.45, 7) is 1.20. The Morgan fingerprint density at radius 1 is 1.38 bits per heavy atom. The summed E-state index contributed by atoms with van der Waals surface area (Å²) in [5.41, 5.74) is 0.862. The minimum absolute atomic E-state index is 0.140. The standard InChI is InChI=1S/C17H23N5O2/c1-21(17-14-4-5-18-16(14)19-10-20-17)13-3-2-11-7-22(15(24)9-23)8-12(11)6-13/h4-5,10-13,23H,2-3,6-9H2,1H3,(H,18,19,20)/t11-,12?,13-/m0/s1. The quantitative estimate of drug-likeness (QED) is 0.878. The zero-order valence-corrected chi connectivity index (χ0v) is 13.9. The van der Waals surface area contributed by atoms with Gasteiger partial charge in [0.15, 0.2) is 0 Å². The Balaban J connectivity index is 1.50. The lowest BCUT2D eigenvalue weighted by Gasteiger charge is -2.37. The molecule has 2 aromatic rings. The highest BCUT2D eigenvalue weighted by Crippen LogP contribution is 2.39. The fraction of sp³-hybridized carbons (Fsp3) is 0.588. The van der Waals surface area contributed by atoms with E-state index < -0.39 is 0 Å². The number of nitrogens with one attached hydrogen (secondary N) is 1. The van der Waals surface area contributed by atoms with Gasteiger partial charge in [0.05, 0.1) is 5.39 Å². The molecule has 3 heterocycles. The van der Waals surface area contributed by atoms with Crippen molar-refractivity contribution in [1.82, 2.24) is 19.9 Å². The number of aliphatic hydroxyl groups is 1. The van der Waals surface area contributed by atoms with Gasteiger partial charge >= 0.3 is 0 Å². The predicted molar refractivity (Wildman–Crippen MR) is 90.6 cm³/mol. The molecule has 1 amide bonds. The number of carbonyl (C=O) groups excluding carboxylic acids is 1. The lowest BCUT2D eigenvalue weighted by molar-refractivity contribution is -0.133. The number of hydrogen-bond donors (Lipinski definition) is 2. The molecule has 128 valence electrons. The summed E-state index contributed by atoms with van der Waals surface area (Å²) >= 11 is 0. The van der Waals surface area contributed by atoms with Crippen LogP contribution in [0.4, 0.5) is 5.82 Å². The largest absolute Gasteiger partial charge is 0.387 e. The van der Waals surface area contributed by atoms with Gasteiger partial charge in [-0.05, 0) is 37.2 Å². The molecule has 1 aliphatic carbocycles. The number of carbonyl (C=O) groups is 1. The summed E-state index contributed by atoms with van der Waals surface area (Å²) in [5.74, 6) is 1.92. The van der Waals surface area contributed by atoms with E-state index in [-0.39, 0.29) is 12.5 Å². The first-order valence-electron chi connectivity index (χ1n) is 8.57. The van der Waals surface area contributed by atoms with Crippen LogP contribution in [-0.4, -0.2) is 63.7 Å². The Morgan fingerprint density at radius 3 is 3.04 bits per heavy atom. The smallest absolute Gasteiger partial charge is 0.248 e. The minimum Gasteiger partial charge on any atom is -0.387 e. The van der Waals surface area contributed by atoms with E-state index in [2.05, 4.69) is 26.9 Å². The Kier molecular flexibility index (Phi) is 3.88. The van der Waals surface area contributed by atoms with E-state index in [1.54, 1.807) is 6.33 Å². The number of anilines is 1. The third kappa shape index (κ3) is 2.53. The molecule has 1 aliphatic heterocycles. The number of aromatic nitrogens is 3. The van der Waals surface area contributed by atoms with Gasteiger partial charge in [0.1, 0.15) is 24.4 Å². The number of rotatable bonds is 3. The van der Waals surface area contributed by atoms with Crippen molar-refractivity contribution in [3.63, 3.8) is 0 Å². The molecule has 1 saturated carbocycles. The SMILES string of the molecule is CN(c1ncnc2[nH]ccc12)[C@H]1CC[C@H]2CN(C(=O)CO)CC2C1. The molecule has 3 atom stereocenters. The van der Waals surface area contributed by atoms with E-state index in [0.29, 0.717) is 17.9 Å². The van der Waals surface area contributed by atoms with E-state index in [0.717, 1.165) is 49.2 Å². The number of amides is 1. The lowest BCUT2D eigenvalue weighted by Crippen LogP contribution is -2.39. The number of hydrogen-bond acceptors (Lipinski definition) is 5. The van der Waals surface area contributed by atoms with Crippen LogP contribution in [-0.2, 0) is 4.79 Å². The third-order valence-electron chi connectivity index (χ3n) is 5.72. The van der Waals surface area contributed by atoms with Gasteiger partial charge < -0.3 is 19.9 Å². The average Bonchev–Trinajstić information content (AvgIpc) is 3.25. The van der Waals surface area contributed by atoms with Crippen LogP contribution in [0.1, 0.15) is 19.3 Å². The zero-order chi connectivity index (χ0) is 16.7. The molecule has 1 unspecified atom stereocenters. The van der Waals surface area contributed by atoms with E-state index in [1.165, 1.54) is 0 Å². The fourth-order valence-electron chi connectivity index (χ4n) is 4.37. The molecule has 2 aliphatic rings. The molecule has 2 fully saturated rings. The zero-order valence-electron chi connectivity index (χ0n) is 13.9. The lowest BCUT2D eigenvalue weighted by atomic mass is 9.78. The summed E-state index contributed by atoms with van der Waals surface area (Å²) in [6, 6.07) is 2.44. The van der Waals surface area contributed by atoms with Crippen molar-refractivity contribution in [3.8, 4) is 0 Å². The van der Waals surface area contributed by atoms with Crippen LogP contribution in [0, 0.1) is 11.8 Å². The van der Waals surface area contributed by atoms with Crippen LogP contribution < -0.4 is 4.90 Å². The second-order valence-electron chi connectivity index (χ2n) is 6.99. The molecule has 24 heavy (non-hydrogen) atoms. The highest BCUT2D eigenvalue weighted by molar-refractivity contribution is 5.87. The van der Waals surface area contributed by atoms with Crippen molar-refractivity contribution >= 4 is 22.8 Å². The first-order valence-corrected chi connectivity index (χ1v) is 8.57.